The molecule has 0 aromatic heterocycles. The van der Waals surface area contributed by atoms with Crippen molar-refractivity contribution in [3.05, 3.63) is 253 Å². The Morgan fingerprint density at radius 1 is 0.222 bits per heavy atom. The smallest absolute Gasteiger partial charge is 0.0619 e. The molecule has 0 saturated heterocycles. The minimum atomic E-state index is -0.505. The lowest BCUT2D eigenvalue weighted by Gasteiger charge is -2.32. The fourth-order valence-corrected chi connectivity index (χ4v) is 12.0. The molecule has 0 nitrogen and oxygen atoms in total. The van der Waals surface area contributed by atoms with E-state index in [0.717, 1.165) is 0 Å². The van der Waals surface area contributed by atoms with E-state index in [9.17, 15) is 0 Å². The van der Waals surface area contributed by atoms with E-state index in [-0.39, 0.29) is 0 Å². The SMILES string of the molecule is c1ccc2c(c1)-c1ccccc1C21c2cc(-c3c4ccccc4c(-c4ccc(-c5cccc6ccccc56)cc4)c4ccccc34)c3ccccc3c2-c2ccc3ccccc3c21. The normalized spacial score (nSPS) is 13.2. The first-order valence-electron chi connectivity index (χ1n) is 22.1. The molecule has 12 aromatic carbocycles. The Morgan fingerprint density at radius 3 is 1.30 bits per heavy atom. The van der Waals surface area contributed by atoms with Gasteiger partial charge in [0.2, 0.25) is 0 Å². The van der Waals surface area contributed by atoms with Crippen LogP contribution in [-0.2, 0) is 5.41 Å². The number of hydrogen-bond acceptors (Lipinski definition) is 0. The topological polar surface area (TPSA) is 0 Å². The van der Waals surface area contributed by atoms with Crippen LogP contribution in [0.4, 0.5) is 0 Å². The predicted octanol–water partition coefficient (Wildman–Crippen LogP) is 16.8. The van der Waals surface area contributed by atoms with Crippen molar-refractivity contribution in [2.24, 2.45) is 0 Å². The van der Waals surface area contributed by atoms with Crippen molar-refractivity contribution >= 4 is 53.9 Å². The van der Waals surface area contributed by atoms with E-state index in [2.05, 4.69) is 231 Å². The van der Waals surface area contributed by atoms with Gasteiger partial charge in [0.15, 0.2) is 0 Å². The van der Waals surface area contributed by atoms with E-state index in [4.69, 9.17) is 0 Å². The molecule has 0 atom stereocenters. The minimum absolute atomic E-state index is 0.505. The number of hydrogen-bond donors (Lipinski definition) is 0. The molecule has 0 fully saturated rings. The molecule has 0 amide bonds. The van der Waals surface area contributed by atoms with Gasteiger partial charge in [0, 0.05) is 0 Å². The zero-order chi connectivity index (χ0) is 41.2. The summed E-state index contributed by atoms with van der Waals surface area (Å²) in [6.45, 7) is 0. The molecule has 2 aliphatic carbocycles. The molecule has 290 valence electrons. The van der Waals surface area contributed by atoms with Gasteiger partial charge in [0.1, 0.15) is 0 Å². The number of benzene rings is 12. The van der Waals surface area contributed by atoms with Crippen LogP contribution in [-0.4, -0.2) is 0 Å². The summed E-state index contributed by atoms with van der Waals surface area (Å²) in [5.41, 5.74) is 17.8. The molecule has 1 spiro atoms. The summed E-state index contributed by atoms with van der Waals surface area (Å²) in [4.78, 5) is 0. The van der Waals surface area contributed by atoms with Crippen LogP contribution in [0.25, 0.3) is 109 Å². The zero-order valence-electron chi connectivity index (χ0n) is 34.4. The van der Waals surface area contributed by atoms with Crippen molar-refractivity contribution in [3.63, 3.8) is 0 Å². The van der Waals surface area contributed by atoms with Gasteiger partial charge in [-0.25, -0.2) is 0 Å². The van der Waals surface area contributed by atoms with E-state index in [1.165, 1.54) is 132 Å². The number of fused-ring (bicyclic) bond motifs is 17. The first kappa shape index (κ1) is 34.6. The van der Waals surface area contributed by atoms with Gasteiger partial charge in [-0.05, 0) is 138 Å². The van der Waals surface area contributed by atoms with Crippen LogP contribution in [0.15, 0.2) is 231 Å². The quantitative estimate of drug-likeness (QED) is 0.156. The maximum atomic E-state index is 2.61. The van der Waals surface area contributed by atoms with Gasteiger partial charge in [-0.1, -0.05) is 224 Å². The largest absolute Gasteiger partial charge is 0.0731 e. The van der Waals surface area contributed by atoms with Crippen molar-refractivity contribution in [1.29, 1.82) is 0 Å². The van der Waals surface area contributed by atoms with E-state index < -0.39 is 5.41 Å². The Labute approximate surface area is 366 Å². The molecule has 0 unspecified atom stereocenters. The summed E-state index contributed by atoms with van der Waals surface area (Å²) in [5, 5.41) is 12.7. The van der Waals surface area contributed by atoms with Gasteiger partial charge in [-0.3, -0.25) is 0 Å². The second kappa shape index (κ2) is 13.0. The Bertz CT molecular complexity index is 3790. The summed E-state index contributed by atoms with van der Waals surface area (Å²) < 4.78 is 0. The Kier molecular flexibility index (Phi) is 7.13. The summed E-state index contributed by atoms with van der Waals surface area (Å²) >= 11 is 0. The summed E-state index contributed by atoms with van der Waals surface area (Å²) in [5.74, 6) is 0. The van der Waals surface area contributed by atoms with Crippen LogP contribution in [0.2, 0.25) is 0 Å². The Hall–Kier alpha value is -8.06. The maximum absolute atomic E-state index is 2.61. The molecular formula is C63H38. The van der Waals surface area contributed by atoms with Crippen LogP contribution in [0, 0.1) is 0 Å². The summed E-state index contributed by atoms with van der Waals surface area (Å²) in [6, 6.07) is 86.7. The van der Waals surface area contributed by atoms with Gasteiger partial charge in [-0.2, -0.15) is 0 Å². The molecule has 14 rings (SSSR count). The molecule has 0 radical (unpaired) electrons. The van der Waals surface area contributed by atoms with Crippen molar-refractivity contribution in [2.75, 3.05) is 0 Å². The molecular weight excluding hydrogens is 757 g/mol. The van der Waals surface area contributed by atoms with Crippen LogP contribution >= 0.6 is 0 Å². The third-order valence-corrected chi connectivity index (χ3v) is 14.4. The van der Waals surface area contributed by atoms with Gasteiger partial charge in [0.25, 0.3) is 0 Å². The van der Waals surface area contributed by atoms with E-state index in [1.807, 2.05) is 0 Å². The highest BCUT2D eigenvalue weighted by atomic mass is 14.5. The molecule has 0 aliphatic heterocycles. The lowest BCUT2D eigenvalue weighted by molar-refractivity contribution is 0.802. The molecule has 2 aliphatic rings. The zero-order valence-corrected chi connectivity index (χ0v) is 34.4. The fraction of sp³-hybridized carbons (Fsp3) is 0.0159. The van der Waals surface area contributed by atoms with Gasteiger partial charge in [-0.15, -0.1) is 0 Å². The average Bonchev–Trinajstić information content (AvgIpc) is 3.83. The molecule has 0 heteroatoms. The predicted molar refractivity (Wildman–Crippen MR) is 267 cm³/mol. The number of rotatable bonds is 3. The highest BCUT2D eigenvalue weighted by molar-refractivity contribution is 6.25. The van der Waals surface area contributed by atoms with Crippen LogP contribution in [0.3, 0.4) is 0 Å². The third kappa shape index (κ3) is 4.60. The first-order valence-corrected chi connectivity index (χ1v) is 22.1. The van der Waals surface area contributed by atoms with Crippen LogP contribution in [0.1, 0.15) is 22.3 Å². The van der Waals surface area contributed by atoms with Crippen molar-refractivity contribution in [1.82, 2.24) is 0 Å². The molecule has 63 heavy (non-hydrogen) atoms. The summed E-state index contributed by atoms with van der Waals surface area (Å²) in [7, 11) is 0. The Morgan fingerprint density at radius 2 is 0.667 bits per heavy atom. The summed E-state index contributed by atoms with van der Waals surface area (Å²) in [6.07, 6.45) is 0. The molecule has 0 heterocycles. The van der Waals surface area contributed by atoms with E-state index in [1.54, 1.807) is 0 Å². The monoisotopic (exact) mass is 794 g/mol. The highest BCUT2D eigenvalue weighted by Crippen LogP contribution is 2.66. The van der Waals surface area contributed by atoms with E-state index in [0.29, 0.717) is 0 Å². The van der Waals surface area contributed by atoms with Crippen molar-refractivity contribution < 1.29 is 0 Å². The molecule has 0 saturated carbocycles. The molecule has 0 bridgehead atoms. The van der Waals surface area contributed by atoms with Gasteiger partial charge < -0.3 is 0 Å². The van der Waals surface area contributed by atoms with E-state index >= 15 is 0 Å². The van der Waals surface area contributed by atoms with Crippen LogP contribution in [0.5, 0.6) is 0 Å². The lowest BCUT2D eigenvalue weighted by atomic mass is 9.68. The van der Waals surface area contributed by atoms with Gasteiger partial charge in [0.05, 0.1) is 5.41 Å². The van der Waals surface area contributed by atoms with Crippen molar-refractivity contribution in [2.45, 2.75) is 5.41 Å². The fourth-order valence-electron chi connectivity index (χ4n) is 12.0. The second-order valence-electron chi connectivity index (χ2n) is 17.4. The minimum Gasteiger partial charge on any atom is -0.0619 e. The average molecular weight is 795 g/mol. The van der Waals surface area contributed by atoms with Gasteiger partial charge >= 0.3 is 0 Å². The second-order valence-corrected chi connectivity index (χ2v) is 17.4. The van der Waals surface area contributed by atoms with Crippen LogP contribution < -0.4 is 0 Å². The maximum Gasteiger partial charge on any atom is 0.0731 e. The molecule has 0 N–H and O–H groups in total. The third-order valence-electron chi connectivity index (χ3n) is 14.4. The molecule has 12 aromatic rings. The van der Waals surface area contributed by atoms with Crippen molar-refractivity contribution in [3.8, 4) is 55.6 Å². The highest BCUT2D eigenvalue weighted by Gasteiger charge is 2.53. The standard InChI is InChI=1S/C63H38/c1-3-19-43-39(16-1)18-15-29-44(43)41-32-34-42(35-33-41)59-50-25-7-9-27-52(50)60(53-28-10-8-26-51(53)59)55-38-58-61(49-24-6-5-21-46(49)55)54-37-36-40-17-2-4-20-45(40)62(54)63(58)56-30-13-11-22-47(56)48-23-12-14-31-57(48)63/h1-38H. The Balaban J connectivity index is 1.08. The first-order chi connectivity index (χ1) is 31.3. The lowest BCUT2D eigenvalue weighted by Crippen LogP contribution is -2.26.